The summed E-state index contributed by atoms with van der Waals surface area (Å²) in [5.74, 6) is 1.13. The second-order valence-corrected chi connectivity index (χ2v) is 2.99. The van der Waals surface area contributed by atoms with Crippen LogP contribution in [0.25, 0.3) is 0 Å². The molecule has 0 unspecified atom stereocenters. The molecule has 0 saturated heterocycles. The third-order valence-electron chi connectivity index (χ3n) is 1.46. The van der Waals surface area contributed by atoms with Gasteiger partial charge in [-0.3, -0.25) is 0 Å². The number of benzene rings is 1. The molecular formula is C8H9ClO2S. The maximum atomic E-state index is 5.90. The highest BCUT2D eigenvalue weighted by molar-refractivity contribution is 7.80. The summed E-state index contributed by atoms with van der Waals surface area (Å²) in [6.45, 7) is 0. The highest BCUT2D eigenvalue weighted by Gasteiger charge is 2.10. The predicted molar refractivity (Wildman–Crippen MR) is 51.8 cm³/mol. The highest BCUT2D eigenvalue weighted by atomic mass is 35.5. The number of hydrogen-bond acceptors (Lipinski definition) is 3. The maximum Gasteiger partial charge on any atom is 0.180 e. The summed E-state index contributed by atoms with van der Waals surface area (Å²) in [6.07, 6.45) is 0. The molecule has 0 aliphatic heterocycles. The maximum absolute atomic E-state index is 5.90. The van der Waals surface area contributed by atoms with Crippen LogP contribution in [0.15, 0.2) is 17.0 Å². The molecule has 2 nitrogen and oxygen atoms in total. The topological polar surface area (TPSA) is 18.5 Å². The van der Waals surface area contributed by atoms with E-state index in [0.29, 0.717) is 21.4 Å². The first kappa shape index (κ1) is 9.55. The quantitative estimate of drug-likeness (QED) is 0.747. The molecule has 12 heavy (non-hydrogen) atoms. The molecule has 4 heteroatoms. The van der Waals surface area contributed by atoms with E-state index in [2.05, 4.69) is 12.6 Å². The summed E-state index contributed by atoms with van der Waals surface area (Å²) >= 11 is 10.0. The highest BCUT2D eigenvalue weighted by Crippen LogP contribution is 2.38. The number of thiol groups is 1. The van der Waals surface area contributed by atoms with E-state index in [0.717, 1.165) is 0 Å². The van der Waals surface area contributed by atoms with Gasteiger partial charge in [0.05, 0.1) is 19.2 Å². The molecule has 0 spiro atoms. The van der Waals surface area contributed by atoms with Crippen molar-refractivity contribution >= 4 is 24.2 Å². The van der Waals surface area contributed by atoms with Crippen molar-refractivity contribution in [1.29, 1.82) is 0 Å². The van der Waals surface area contributed by atoms with Crippen molar-refractivity contribution in [1.82, 2.24) is 0 Å². The molecule has 0 aliphatic carbocycles. The third-order valence-corrected chi connectivity index (χ3v) is 2.34. The average Bonchev–Trinajstić information content (AvgIpc) is 2.09. The Kier molecular flexibility index (Phi) is 3.12. The summed E-state index contributed by atoms with van der Waals surface area (Å²) in [5, 5.41) is 0.472. The van der Waals surface area contributed by atoms with Gasteiger partial charge in [0.15, 0.2) is 11.5 Å². The number of hydrogen-bond donors (Lipinski definition) is 1. The molecule has 1 aromatic carbocycles. The van der Waals surface area contributed by atoms with Crippen molar-refractivity contribution in [2.75, 3.05) is 14.2 Å². The summed E-state index contributed by atoms with van der Waals surface area (Å²) in [4.78, 5) is 0.675. The van der Waals surface area contributed by atoms with Crippen molar-refractivity contribution in [2.45, 2.75) is 4.90 Å². The lowest BCUT2D eigenvalue weighted by atomic mass is 10.3. The first-order valence-electron chi connectivity index (χ1n) is 3.30. The second kappa shape index (κ2) is 3.92. The van der Waals surface area contributed by atoms with E-state index in [1.165, 1.54) is 7.11 Å². The van der Waals surface area contributed by atoms with Gasteiger partial charge in [0, 0.05) is 4.90 Å². The van der Waals surface area contributed by atoms with E-state index in [-0.39, 0.29) is 0 Å². The Morgan fingerprint density at radius 3 is 2.42 bits per heavy atom. The zero-order valence-electron chi connectivity index (χ0n) is 6.80. The van der Waals surface area contributed by atoms with Gasteiger partial charge in [-0.1, -0.05) is 11.6 Å². The largest absolute Gasteiger partial charge is 0.493 e. The predicted octanol–water partition coefficient (Wildman–Crippen LogP) is 2.65. The van der Waals surface area contributed by atoms with Gasteiger partial charge in [-0.05, 0) is 12.1 Å². The zero-order valence-corrected chi connectivity index (χ0v) is 8.45. The van der Waals surface area contributed by atoms with Gasteiger partial charge in [0.25, 0.3) is 0 Å². The SMILES string of the molecule is COc1ccc(S)c(Cl)c1OC. The van der Waals surface area contributed by atoms with E-state index in [1.54, 1.807) is 19.2 Å². The van der Waals surface area contributed by atoms with Crippen LogP contribution in [0.5, 0.6) is 11.5 Å². The molecular weight excluding hydrogens is 196 g/mol. The molecule has 0 bridgehead atoms. The molecule has 1 rings (SSSR count). The lowest BCUT2D eigenvalue weighted by molar-refractivity contribution is 0.354. The zero-order chi connectivity index (χ0) is 9.14. The Hall–Kier alpha value is -0.540. The van der Waals surface area contributed by atoms with Gasteiger partial charge in [-0.15, -0.1) is 12.6 Å². The molecule has 0 N–H and O–H groups in total. The third kappa shape index (κ3) is 1.62. The minimum atomic E-state index is 0.472. The summed E-state index contributed by atoms with van der Waals surface area (Å²) in [5.41, 5.74) is 0. The fourth-order valence-electron chi connectivity index (χ4n) is 0.879. The van der Waals surface area contributed by atoms with Crippen LogP contribution in [-0.2, 0) is 0 Å². The summed E-state index contributed by atoms with van der Waals surface area (Å²) in [7, 11) is 3.10. The Morgan fingerprint density at radius 2 is 1.92 bits per heavy atom. The van der Waals surface area contributed by atoms with Gasteiger partial charge >= 0.3 is 0 Å². The molecule has 0 atom stereocenters. The minimum Gasteiger partial charge on any atom is -0.493 e. The number of rotatable bonds is 2. The van der Waals surface area contributed by atoms with E-state index < -0.39 is 0 Å². The molecule has 1 aromatic rings. The molecule has 0 radical (unpaired) electrons. The smallest absolute Gasteiger partial charge is 0.180 e. The average molecular weight is 205 g/mol. The number of ether oxygens (including phenoxy) is 2. The van der Waals surface area contributed by atoms with Crippen molar-refractivity contribution < 1.29 is 9.47 Å². The lowest BCUT2D eigenvalue weighted by Crippen LogP contribution is -1.91. The van der Waals surface area contributed by atoms with Crippen LogP contribution in [-0.4, -0.2) is 14.2 Å². The molecule has 0 heterocycles. The second-order valence-electron chi connectivity index (χ2n) is 2.13. The molecule has 66 valence electrons. The van der Waals surface area contributed by atoms with Crippen molar-refractivity contribution in [3.63, 3.8) is 0 Å². The first-order valence-corrected chi connectivity index (χ1v) is 4.12. The molecule has 0 fully saturated rings. The van der Waals surface area contributed by atoms with E-state index in [1.807, 2.05) is 0 Å². The monoisotopic (exact) mass is 204 g/mol. The van der Waals surface area contributed by atoms with Crippen molar-refractivity contribution in [3.05, 3.63) is 17.2 Å². The van der Waals surface area contributed by atoms with Crippen LogP contribution >= 0.6 is 24.2 Å². The summed E-state index contributed by atoms with van der Waals surface area (Å²) in [6, 6.07) is 3.51. The van der Waals surface area contributed by atoms with Crippen LogP contribution in [0.4, 0.5) is 0 Å². The van der Waals surface area contributed by atoms with E-state index >= 15 is 0 Å². The van der Waals surface area contributed by atoms with Gasteiger partial charge in [-0.2, -0.15) is 0 Å². The van der Waals surface area contributed by atoms with E-state index in [4.69, 9.17) is 21.1 Å². The molecule has 0 amide bonds. The van der Waals surface area contributed by atoms with Crippen molar-refractivity contribution in [2.24, 2.45) is 0 Å². The Balaban J connectivity index is 3.25. The van der Waals surface area contributed by atoms with Crippen molar-refractivity contribution in [3.8, 4) is 11.5 Å². The van der Waals surface area contributed by atoms with Gasteiger partial charge in [-0.25, -0.2) is 0 Å². The molecule has 0 saturated carbocycles. The standard InChI is InChI=1S/C8H9ClO2S/c1-10-5-3-4-6(12)7(9)8(5)11-2/h3-4,12H,1-2H3. The summed E-state index contributed by atoms with van der Waals surface area (Å²) < 4.78 is 10.1. The lowest BCUT2D eigenvalue weighted by Gasteiger charge is -2.09. The fourth-order valence-corrected chi connectivity index (χ4v) is 1.29. The van der Waals surface area contributed by atoms with E-state index in [9.17, 15) is 0 Å². The number of methoxy groups -OCH3 is 2. The van der Waals surface area contributed by atoms with Crippen LogP contribution in [0.2, 0.25) is 5.02 Å². The van der Waals surface area contributed by atoms with Gasteiger partial charge in [0.2, 0.25) is 0 Å². The van der Waals surface area contributed by atoms with Crippen LogP contribution in [0, 0.1) is 0 Å². The Labute approximate surface area is 81.8 Å². The van der Waals surface area contributed by atoms with Crippen LogP contribution in [0.3, 0.4) is 0 Å². The fraction of sp³-hybridized carbons (Fsp3) is 0.250. The Morgan fingerprint density at radius 1 is 1.25 bits per heavy atom. The first-order chi connectivity index (χ1) is 5.70. The normalized spacial score (nSPS) is 9.67. The van der Waals surface area contributed by atoms with Gasteiger partial charge < -0.3 is 9.47 Å². The molecule has 0 aliphatic rings. The van der Waals surface area contributed by atoms with Crippen LogP contribution < -0.4 is 9.47 Å². The van der Waals surface area contributed by atoms with Crippen LogP contribution in [0.1, 0.15) is 0 Å². The number of halogens is 1. The minimum absolute atomic E-state index is 0.472. The van der Waals surface area contributed by atoms with Gasteiger partial charge in [0.1, 0.15) is 0 Å². The molecule has 0 aromatic heterocycles. The Bertz CT molecular complexity index is 289.